The van der Waals surface area contributed by atoms with E-state index in [0.29, 0.717) is 22.9 Å². The molecule has 418 valence electrons. The van der Waals surface area contributed by atoms with E-state index in [2.05, 4.69) is 187 Å². The molecule has 0 atom stereocenters. The number of para-hydroxylation sites is 5. The fourth-order valence-electron chi connectivity index (χ4n) is 15.5. The highest BCUT2D eigenvalue weighted by Crippen LogP contribution is 2.50. The topological polar surface area (TPSA) is 28.8 Å². The Balaban J connectivity index is 0.947. The Hall–Kier alpha value is -10.7. The van der Waals surface area contributed by atoms with Crippen LogP contribution in [0, 0.1) is 51.0 Å². The van der Waals surface area contributed by atoms with Gasteiger partial charge in [-0.3, -0.25) is 0 Å². The van der Waals surface area contributed by atoms with Crippen LogP contribution in [-0.2, 0) is 0 Å². The van der Waals surface area contributed by atoms with Gasteiger partial charge in [0.2, 0.25) is 0 Å². The van der Waals surface area contributed by atoms with Crippen LogP contribution in [0.15, 0.2) is 224 Å². The molecule has 0 spiro atoms. The predicted octanol–water partition coefficient (Wildman–Crippen LogP) is 16.2. The summed E-state index contributed by atoms with van der Waals surface area (Å²) in [6, 6.07) is 73.2. The van der Waals surface area contributed by atoms with Crippen molar-refractivity contribution in [3.05, 3.63) is 270 Å². The summed E-state index contributed by atoms with van der Waals surface area (Å²) in [4.78, 5) is 6.35. The average molecular weight is 1150 g/mol. The summed E-state index contributed by atoms with van der Waals surface area (Å²) in [5.74, 6) is -1.48. The molecule has 0 fully saturated rings. The minimum atomic E-state index is -0.690. The number of aryl methyl sites for hydroxylation is 4. The molecular formula is C76H49B2F4N5O. The molecule has 0 N–H and O–H groups in total. The zero-order valence-electron chi connectivity index (χ0n) is 48.2. The number of fused-ring (bicyclic) bond motifs is 14. The van der Waals surface area contributed by atoms with Gasteiger partial charge in [0.05, 0.1) is 44.8 Å². The van der Waals surface area contributed by atoms with Gasteiger partial charge in [-0.2, -0.15) is 0 Å². The first-order valence-corrected chi connectivity index (χ1v) is 29.7. The van der Waals surface area contributed by atoms with Crippen molar-refractivity contribution in [2.75, 3.05) is 14.7 Å². The summed E-state index contributed by atoms with van der Waals surface area (Å²) in [7, 11) is 0. The maximum atomic E-state index is 15.9. The lowest BCUT2D eigenvalue weighted by Crippen LogP contribution is -2.64. The van der Waals surface area contributed by atoms with Crippen molar-refractivity contribution in [3.8, 4) is 22.9 Å². The van der Waals surface area contributed by atoms with E-state index in [1.165, 1.54) is 24.3 Å². The molecule has 0 unspecified atom stereocenters. The van der Waals surface area contributed by atoms with E-state index in [1.807, 2.05) is 52.3 Å². The molecule has 6 nitrogen and oxygen atoms in total. The van der Waals surface area contributed by atoms with Crippen LogP contribution >= 0.6 is 0 Å². The van der Waals surface area contributed by atoms with Crippen molar-refractivity contribution >= 4 is 141 Å². The molecule has 2 aromatic heterocycles. The Labute approximate surface area is 505 Å². The van der Waals surface area contributed by atoms with Crippen LogP contribution in [-0.4, -0.2) is 22.6 Å². The van der Waals surface area contributed by atoms with Gasteiger partial charge in [0.1, 0.15) is 34.8 Å². The number of aromatic nitrogens is 2. The van der Waals surface area contributed by atoms with Crippen LogP contribution in [0.1, 0.15) is 22.3 Å². The lowest BCUT2D eigenvalue weighted by atomic mass is 9.30. The van der Waals surface area contributed by atoms with Crippen molar-refractivity contribution in [3.63, 3.8) is 0 Å². The summed E-state index contributed by atoms with van der Waals surface area (Å²) in [5, 5.41) is 4.55. The van der Waals surface area contributed by atoms with E-state index >= 15 is 17.6 Å². The quantitative estimate of drug-likeness (QED) is 0.127. The predicted molar refractivity (Wildman–Crippen MR) is 354 cm³/mol. The van der Waals surface area contributed by atoms with Gasteiger partial charge in [0, 0.05) is 85.6 Å². The molecule has 18 rings (SSSR count). The Kier molecular flexibility index (Phi) is 10.6. The molecule has 12 heteroatoms. The van der Waals surface area contributed by atoms with Gasteiger partial charge in [-0.05, 0) is 162 Å². The molecule has 4 aliphatic rings. The standard InChI is InChI=1S/C76H49B2F4N5O/c1-42-26-28-44(3)75-71(42)55-18-8-12-22-61(55)86(75)53-36-66-73-67(37-53)84(51-32-46(79)30-47(80)33-51)63-24-14-10-20-57(63)77(73)59-40-60-69(41-65(59)83(66)50-16-6-5-7-17-50)88-70-39-54(87-62-23-13-9-19-56(62)72-43(2)27-29-45(4)76(72)87)38-68-74(70)78(60)58-21-11-15-25-64(58)85(68)52-34-48(81)31-49(82)35-52/h5-41H,1-4H3. The number of rotatable bonds is 5. The van der Waals surface area contributed by atoms with Gasteiger partial charge in [0.15, 0.2) is 0 Å². The van der Waals surface area contributed by atoms with Crippen molar-refractivity contribution in [2.24, 2.45) is 0 Å². The highest BCUT2D eigenvalue weighted by Gasteiger charge is 2.48. The van der Waals surface area contributed by atoms with Crippen molar-refractivity contribution < 1.29 is 22.3 Å². The van der Waals surface area contributed by atoms with Crippen LogP contribution in [0.2, 0.25) is 0 Å². The molecule has 0 saturated carbocycles. The fourth-order valence-corrected chi connectivity index (χ4v) is 15.5. The molecule has 14 aromatic rings. The van der Waals surface area contributed by atoms with Gasteiger partial charge in [-0.1, -0.05) is 121 Å². The molecule has 0 aliphatic carbocycles. The smallest absolute Gasteiger partial charge is 0.256 e. The maximum absolute atomic E-state index is 15.9. The second-order valence-electron chi connectivity index (χ2n) is 24.0. The number of nitrogens with zero attached hydrogens (tertiary/aromatic N) is 5. The van der Waals surface area contributed by atoms with E-state index in [0.717, 1.165) is 162 Å². The molecule has 6 heterocycles. The summed E-state index contributed by atoms with van der Waals surface area (Å²) in [6.07, 6.45) is 0. The normalized spacial score (nSPS) is 13.4. The number of benzene rings is 12. The second kappa shape index (κ2) is 18.4. The zero-order chi connectivity index (χ0) is 59.1. The molecule has 88 heavy (non-hydrogen) atoms. The Bertz CT molecular complexity index is 5390. The summed E-state index contributed by atoms with van der Waals surface area (Å²) >= 11 is 0. The van der Waals surface area contributed by atoms with E-state index in [9.17, 15) is 0 Å². The third-order valence-electron chi connectivity index (χ3n) is 18.9. The van der Waals surface area contributed by atoms with Gasteiger partial charge >= 0.3 is 0 Å². The molecule has 0 amide bonds. The third-order valence-corrected chi connectivity index (χ3v) is 18.9. The molecule has 4 aliphatic heterocycles. The highest BCUT2D eigenvalue weighted by atomic mass is 19.1. The minimum Gasteiger partial charge on any atom is -0.458 e. The van der Waals surface area contributed by atoms with Crippen LogP contribution < -0.4 is 52.2 Å². The number of anilines is 9. The number of hydrogen-bond acceptors (Lipinski definition) is 4. The number of ether oxygens (including phenoxy) is 1. The Morgan fingerprint density at radius 2 is 0.739 bits per heavy atom. The summed E-state index contributed by atoms with van der Waals surface area (Å²) in [5.41, 5.74) is 22.4. The highest BCUT2D eigenvalue weighted by molar-refractivity contribution is 7.02. The van der Waals surface area contributed by atoms with Gasteiger partial charge in [-0.25, -0.2) is 17.6 Å². The minimum absolute atomic E-state index is 0.336. The molecule has 0 saturated heterocycles. The van der Waals surface area contributed by atoms with Crippen LogP contribution in [0.3, 0.4) is 0 Å². The van der Waals surface area contributed by atoms with E-state index in [4.69, 9.17) is 4.74 Å². The number of halogens is 4. The van der Waals surface area contributed by atoms with Crippen molar-refractivity contribution in [1.29, 1.82) is 0 Å². The first kappa shape index (κ1) is 50.6. The fraction of sp³-hybridized carbons (Fsp3) is 0.0526. The van der Waals surface area contributed by atoms with Gasteiger partial charge in [0.25, 0.3) is 13.4 Å². The third kappa shape index (κ3) is 7.02. The first-order valence-electron chi connectivity index (χ1n) is 29.7. The average Bonchev–Trinajstić information content (AvgIpc) is 0.822. The summed E-state index contributed by atoms with van der Waals surface area (Å²) in [6.45, 7) is 7.76. The molecular weight excluding hydrogens is 1100 g/mol. The SMILES string of the molecule is Cc1ccc(C)c2c1c1ccccc1n2-c1cc2c3c(c1)N(c1cc(F)cc(F)c1)c1ccccc1B3c1cc3c(cc1O2)N(c1ccccc1)c1cc(-n2c4ccccc4c4c(C)ccc(C)c42)cc2c1B3c1ccccc1N2c1cc(F)cc(F)c1. The van der Waals surface area contributed by atoms with E-state index in [1.54, 1.807) is 0 Å². The van der Waals surface area contributed by atoms with E-state index in [-0.39, 0.29) is 0 Å². The summed E-state index contributed by atoms with van der Waals surface area (Å²) < 4.78 is 75.7. The van der Waals surface area contributed by atoms with Crippen LogP contribution in [0.5, 0.6) is 11.5 Å². The van der Waals surface area contributed by atoms with Gasteiger partial charge in [-0.15, -0.1) is 0 Å². The van der Waals surface area contributed by atoms with Crippen molar-refractivity contribution in [2.45, 2.75) is 27.7 Å². The largest absolute Gasteiger partial charge is 0.458 e. The molecule has 12 aromatic carbocycles. The lowest BCUT2D eigenvalue weighted by molar-refractivity contribution is 0.487. The first-order chi connectivity index (χ1) is 42.9. The lowest BCUT2D eigenvalue weighted by Gasteiger charge is -2.45. The molecule has 0 bridgehead atoms. The zero-order valence-corrected chi connectivity index (χ0v) is 48.2. The van der Waals surface area contributed by atoms with Crippen molar-refractivity contribution in [1.82, 2.24) is 9.13 Å². The second-order valence-corrected chi connectivity index (χ2v) is 24.0. The number of hydrogen-bond donors (Lipinski definition) is 0. The van der Waals surface area contributed by atoms with E-state index < -0.39 is 36.7 Å². The van der Waals surface area contributed by atoms with Crippen LogP contribution in [0.4, 0.5) is 68.7 Å². The maximum Gasteiger partial charge on any atom is 0.256 e. The monoisotopic (exact) mass is 1150 g/mol. The van der Waals surface area contributed by atoms with Gasteiger partial charge < -0.3 is 28.6 Å². The molecule has 0 radical (unpaired) electrons. The van der Waals surface area contributed by atoms with Crippen LogP contribution in [0.25, 0.3) is 55.0 Å². The Morgan fingerprint density at radius 3 is 1.27 bits per heavy atom. The Morgan fingerprint density at radius 1 is 0.307 bits per heavy atom.